The highest BCUT2D eigenvalue weighted by Gasteiger charge is 2.33. The molecule has 0 aromatic heterocycles. The molecule has 0 bridgehead atoms. The summed E-state index contributed by atoms with van der Waals surface area (Å²) >= 11 is 0. The van der Waals surface area contributed by atoms with Crippen molar-refractivity contribution in [1.29, 1.82) is 0 Å². The number of benzene rings is 2. The molecule has 0 radical (unpaired) electrons. The van der Waals surface area contributed by atoms with Crippen LogP contribution >= 0.6 is 12.4 Å². The lowest BCUT2D eigenvalue weighted by Gasteiger charge is -2.36. The number of rotatable bonds is 8. The summed E-state index contributed by atoms with van der Waals surface area (Å²) in [6, 6.07) is 11.6. The van der Waals surface area contributed by atoms with Gasteiger partial charge in [-0.15, -0.1) is 12.4 Å². The maximum absolute atomic E-state index is 15.1. The topological polar surface area (TPSA) is 141 Å². The summed E-state index contributed by atoms with van der Waals surface area (Å²) in [6.45, 7) is 3.76. The van der Waals surface area contributed by atoms with Gasteiger partial charge in [-0.25, -0.2) is 9.18 Å². The zero-order chi connectivity index (χ0) is 29.4. The molecule has 0 unspecified atom stereocenters. The van der Waals surface area contributed by atoms with Crippen LogP contribution in [0, 0.1) is 17.7 Å². The molecule has 4 N–H and O–H groups in total. The Morgan fingerprint density at radius 2 is 1.88 bits per heavy atom. The molecule has 2 aromatic carbocycles. The minimum Gasteiger partial charge on any atom is -0.442 e. The Balaban J connectivity index is 0.00000484. The number of anilines is 2. The second-order valence-corrected chi connectivity index (χ2v) is 9.77. The van der Waals surface area contributed by atoms with Gasteiger partial charge in [-0.2, -0.15) is 0 Å². The van der Waals surface area contributed by atoms with Crippen molar-refractivity contribution in [2.24, 2.45) is 10.9 Å². The minimum absolute atomic E-state index is 0. The van der Waals surface area contributed by atoms with Gasteiger partial charge in [0.05, 0.1) is 24.5 Å². The molecule has 0 spiro atoms. The fourth-order valence-corrected chi connectivity index (χ4v) is 4.65. The van der Waals surface area contributed by atoms with Gasteiger partial charge in [0, 0.05) is 57.1 Å². The van der Waals surface area contributed by atoms with E-state index >= 15 is 4.39 Å². The third kappa shape index (κ3) is 8.27. The summed E-state index contributed by atoms with van der Waals surface area (Å²) < 4.78 is 20.3. The Hall–Kier alpha value is -4.50. The number of cyclic esters (lactones) is 1. The average Bonchev–Trinajstić information content (AvgIpc) is 3.36. The van der Waals surface area contributed by atoms with Crippen molar-refractivity contribution < 1.29 is 28.7 Å². The van der Waals surface area contributed by atoms with Gasteiger partial charge in [0.2, 0.25) is 11.8 Å². The molecule has 13 heteroatoms. The first-order valence-corrected chi connectivity index (χ1v) is 13.4. The first-order valence-electron chi connectivity index (χ1n) is 13.4. The molecule has 2 aliphatic rings. The number of carbonyl (C=O) groups is 3. The highest BCUT2D eigenvalue weighted by atomic mass is 35.5. The van der Waals surface area contributed by atoms with E-state index in [2.05, 4.69) is 22.3 Å². The molecule has 0 aliphatic carbocycles. The van der Waals surface area contributed by atoms with E-state index in [0.717, 1.165) is 5.56 Å². The van der Waals surface area contributed by atoms with Crippen LogP contribution in [0.5, 0.6) is 0 Å². The normalized spacial score (nSPS) is 16.7. The molecule has 4 rings (SSSR count). The molecule has 11 nitrogen and oxygen atoms in total. The number of oxime groups is 1. The van der Waals surface area contributed by atoms with E-state index in [1.807, 2.05) is 4.90 Å². The number of amidine groups is 1. The van der Waals surface area contributed by atoms with Gasteiger partial charge in [0.1, 0.15) is 11.9 Å². The first-order chi connectivity index (χ1) is 19.7. The first kappa shape index (κ1) is 32.0. The highest BCUT2D eigenvalue weighted by Crippen LogP contribution is 2.28. The molecule has 2 fully saturated rings. The fourth-order valence-electron chi connectivity index (χ4n) is 4.65. The van der Waals surface area contributed by atoms with Gasteiger partial charge >= 0.3 is 6.09 Å². The van der Waals surface area contributed by atoms with Crippen molar-refractivity contribution in [3.05, 3.63) is 59.4 Å². The van der Waals surface area contributed by atoms with Crippen LogP contribution in [-0.2, 0) is 14.3 Å². The van der Waals surface area contributed by atoms with Gasteiger partial charge in [0.25, 0.3) is 0 Å². The molecule has 3 amide bonds. The summed E-state index contributed by atoms with van der Waals surface area (Å²) in [4.78, 5) is 41.1. The number of ether oxygens (including phenoxy) is 1. The molecular formula is C29H34ClFN6O5. The fraction of sp³-hybridized carbons (Fsp3) is 0.379. The van der Waals surface area contributed by atoms with Crippen LogP contribution in [0.1, 0.15) is 37.3 Å². The predicted octanol–water partition coefficient (Wildman–Crippen LogP) is 2.67. The molecule has 2 aromatic rings. The summed E-state index contributed by atoms with van der Waals surface area (Å²) in [5.74, 6) is 5.51. The van der Waals surface area contributed by atoms with Crippen LogP contribution in [0.4, 0.5) is 20.6 Å². The Morgan fingerprint density at radius 1 is 1.17 bits per heavy atom. The van der Waals surface area contributed by atoms with Crippen molar-refractivity contribution in [2.45, 2.75) is 32.3 Å². The minimum atomic E-state index is -0.584. The maximum atomic E-state index is 15.1. The monoisotopic (exact) mass is 600 g/mol. The van der Waals surface area contributed by atoms with Gasteiger partial charge in [-0.1, -0.05) is 17.0 Å². The van der Waals surface area contributed by atoms with E-state index in [0.29, 0.717) is 62.4 Å². The van der Waals surface area contributed by atoms with Crippen LogP contribution in [0.2, 0.25) is 0 Å². The molecule has 42 heavy (non-hydrogen) atoms. The van der Waals surface area contributed by atoms with E-state index in [1.54, 1.807) is 41.3 Å². The van der Waals surface area contributed by atoms with Crippen molar-refractivity contribution in [3.8, 4) is 11.8 Å². The van der Waals surface area contributed by atoms with Crippen LogP contribution in [0.15, 0.2) is 47.6 Å². The number of carbonyl (C=O) groups excluding carboxylic acids is 3. The lowest BCUT2D eigenvalue weighted by Crippen LogP contribution is -2.49. The number of hydrogen-bond acceptors (Lipinski definition) is 7. The van der Waals surface area contributed by atoms with Crippen molar-refractivity contribution >= 4 is 47.5 Å². The van der Waals surface area contributed by atoms with E-state index in [-0.39, 0.29) is 43.1 Å². The Kier molecular flexibility index (Phi) is 11.4. The largest absolute Gasteiger partial charge is 0.442 e. The van der Waals surface area contributed by atoms with E-state index in [9.17, 15) is 14.4 Å². The second-order valence-electron chi connectivity index (χ2n) is 9.77. The maximum Gasteiger partial charge on any atom is 0.414 e. The number of unbranched alkanes of at least 4 members (excludes halogenated alkanes) is 1. The third-order valence-electron chi connectivity index (χ3n) is 6.88. The number of nitrogens with one attached hydrogen (secondary N) is 1. The van der Waals surface area contributed by atoms with E-state index in [1.165, 1.54) is 17.9 Å². The van der Waals surface area contributed by atoms with Crippen LogP contribution in [0.3, 0.4) is 0 Å². The van der Waals surface area contributed by atoms with Gasteiger partial charge < -0.3 is 30.8 Å². The quantitative estimate of drug-likeness (QED) is 0.106. The Morgan fingerprint density at radius 3 is 2.52 bits per heavy atom. The van der Waals surface area contributed by atoms with Crippen molar-refractivity contribution in [1.82, 2.24) is 10.2 Å². The standard InChI is InChI=1S/C29H33FN6O5.ClH/c1-20(37)32-18-24-19-36(29(39)41-24)23-11-12-26(25(30)17-23)34-13-15-35(16-14-34)27(38)6-4-2-3-5-21-7-9-22(10-8-21)28(31)33-40;/h7-12,17,24,40H,2,4,6,13-16,18-19H2,1H3,(H2,31,33)(H,32,37);1H/t24-;/m0./s1. The number of amides is 3. The lowest BCUT2D eigenvalue weighted by molar-refractivity contribution is -0.131. The Bertz CT molecular complexity index is 1370. The Labute approximate surface area is 249 Å². The second kappa shape index (κ2) is 14.9. The molecular weight excluding hydrogens is 567 g/mol. The van der Waals surface area contributed by atoms with E-state index < -0.39 is 18.0 Å². The zero-order valence-corrected chi connectivity index (χ0v) is 24.0. The molecule has 2 saturated heterocycles. The molecule has 2 heterocycles. The summed E-state index contributed by atoms with van der Waals surface area (Å²) in [7, 11) is 0. The van der Waals surface area contributed by atoms with Crippen LogP contribution in [-0.4, -0.2) is 79.2 Å². The number of hydrogen-bond donors (Lipinski definition) is 3. The van der Waals surface area contributed by atoms with Gasteiger partial charge in [-0.05, 0) is 48.9 Å². The van der Waals surface area contributed by atoms with Crippen molar-refractivity contribution in [2.75, 3.05) is 49.1 Å². The smallest absolute Gasteiger partial charge is 0.414 e. The number of nitrogens with two attached hydrogens (primary N) is 1. The predicted molar refractivity (Wildman–Crippen MR) is 158 cm³/mol. The summed E-state index contributed by atoms with van der Waals surface area (Å²) in [5, 5.41) is 14.3. The number of piperazine rings is 1. The third-order valence-corrected chi connectivity index (χ3v) is 6.88. The van der Waals surface area contributed by atoms with Crippen molar-refractivity contribution in [3.63, 3.8) is 0 Å². The lowest BCUT2D eigenvalue weighted by atomic mass is 10.1. The summed E-state index contributed by atoms with van der Waals surface area (Å²) in [5.41, 5.74) is 7.75. The average molecular weight is 601 g/mol. The van der Waals surface area contributed by atoms with E-state index in [4.69, 9.17) is 15.7 Å². The number of nitrogens with zero attached hydrogens (tertiary/aromatic N) is 4. The van der Waals surface area contributed by atoms with Crippen LogP contribution < -0.4 is 20.9 Å². The summed E-state index contributed by atoms with van der Waals surface area (Å²) in [6.07, 6.45) is 0.506. The molecule has 2 aliphatic heterocycles. The van der Waals surface area contributed by atoms with Gasteiger partial charge in [0.15, 0.2) is 5.84 Å². The van der Waals surface area contributed by atoms with Gasteiger partial charge in [-0.3, -0.25) is 14.5 Å². The molecule has 224 valence electrons. The SMILES string of the molecule is CC(=O)NC[C@H]1CN(c2ccc(N3CCN(C(=O)CCCC#Cc4ccc(C(N)=NO)cc4)CC3)c(F)c2)C(=O)O1.Cl. The zero-order valence-electron chi connectivity index (χ0n) is 23.2. The number of halogens is 2. The highest BCUT2D eigenvalue weighted by molar-refractivity contribution is 5.97. The van der Waals surface area contributed by atoms with Crippen LogP contribution in [0.25, 0.3) is 0 Å². The molecule has 1 atom stereocenters. The molecule has 0 saturated carbocycles.